The molecule has 0 aromatic heterocycles. The average Bonchev–Trinajstić information content (AvgIpc) is 3.22. The van der Waals surface area contributed by atoms with E-state index in [1.54, 1.807) is 0 Å². The first-order valence-corrected chi connectivity index (χ1v) is 11.8. The summed E-state index contributed by atoms with van der Waals surface area (Å²) in [4.78, 5) is 0. The van der Waals surface area contributed by atoms with Gasteiger partial charge in [0.1, 0.15) is 18.3 Å². The molecule has 0 radical (unpaired) electrons. The Bertz CT molecular complexity index is 1000. The second-order valence-electron chi connectivity index (χ2n) is 8.48. The predicted molar refractivity (Wildman–Crippen MR) is 133 cm³/mol. The fourth-order valence-corrected chi connectivity index (χ4v) is 4.20. The van der Waals surface area contributed by atoms with E-state index in [0.29, 0.717) is 32.8 Å². The quantitative estimate of drug-likeness (QED) is 0.335. The maximum Gasteiger partial charge on any atom is 0.115 e. The molecule has 3 aromatic carbocycles. The van der Waals surface area contributed by atoms with Crippen molar-refractivity contribution in [2.75, 3.05) is 6.61 Å². The molecule has 3 aromatic rings. The minimum atomic E-state index is -0.262. The van der Waals surface area contributed by atoms with Crippen LogP contribution in [0.1, 0.15) is 29.5 Å². The molecule has 0 spiro atoms. The van der Waals surface area contributed by atoms with E-state index in [2.05, 4.69) is 42.3 Å². The highest BCUT2D eigenvalue weighted by molar-refractivity contribution is 5.15. The summed E-state index contributed by atoms with van der Waals surface area (Å²) >= 11 is 0. The van der Waals surface area contributed by atoms with Crippen LogP contribution in [0.15, 0.2) is 91.0 Å². The summed E-state index contributed by atoms with van der Waals surface area (Å²) in [6, 6.07) is 30.5. The first-order valence-electron chi connectivity index (χ1n) is 11.8. The van der Waals surface area contributed by atoms with Crippen LogP contribution in [0, 0.1) is 12.3 Å². The monoisotopic (exact) mass is 456 g/mol. The number of benzene rings is 3. The van der Waals surface area contributed by atoms with Crippen LogP contribution in [-0.2, 0) is 38.8 Å². The van der Waals surface area contributed by atoms with Gasteiger partial charge in [-0.3, -0.25) is 0 Å². The van der Waals surface area contributed by atoms with Gasteiger partial charge in [-0.25, -0.2) is 0 Å². The third-order valence-corrected chi connectivity index (χ3v) is 5.94. The van der Waals surface area contributed by atoms with Crippen molar-refractivity contribution >= 4 is 0 Å². The lowest BCUT2D eigenvalue weighted by Gasteiger charge is -2.25. The van der Waals surface area contributed by atoms with Crippen LogP contribution in [0.25, 0.3) is 0 Å². The van der Waals surface area contributed by atoms with Crippen LogP contribution >= 0.6 is 0 Å². The first kappa shape index (κ1) is 24.2. The molecular weight excluding hydrogens is 424 g/mol. The third-order valence-electron chi connectivity index (χ3n) is 5.94. The standard InChI is InChI=1S/C30H32O4/c1-2-3-19-27-29(32-21-25-15-9-5-10-16-25)30(33-22-26-17-11-6-12-18-26)28(34-27)23-31-20-24-13-7-4-8-14-24/h1,4-18,27-30H,3,19-23H2/t27-,28+,29-,30+/m0/s1. The lowest BCUT2D eigenvalue weighted by molar-refractivity contribution is -0.0898. The molecule has 0 unspecified atom stereocenters. The Labute approximate surface area is 202 Å². The van der Waals surface area contributed by atoms with E-state index in [9.17, 15) is 0 Å². The molecule has 4 nitrogen and oxygen atoms in total. The maximum atomic E-state index is 6.43. The van der Waals surface area contributed by atoms with E-state index in [-0.39, 0.29) is 24.4 Å². The molecule has 0 amide bonds. The van der Waals surface area contributed by atoms with Crippen molar-refractivity contribution in [1.82, 2.24) is 0 Å². The van der Waals surface area contributed by atoms with Crippen molar-refractivity contribution in [1.29, 1.82) is 0 Å². The van der Waals surface area contributed by atoms with Crippen LogP contribution in [0.3, 0.4) is 0 Å². The molecule has 34 heavy (non-hydrogen) atoms. The molecule has 4 rings (SSSR count). The summed E-state index contributed by atoms with van der Waals surface area (Å²) < 4.78 is 25.3. The molecule has 1 aliphatic rings. The number of hydrogen-bond acceptors (Lipinski definition) is 4. The second kappa shape index (κ2) is 13.1. The van der Waals surface area contributed by atoms with Gasteiger partial charge >= 0.3 is 0 Å². The highest BCUT2D eigenvalue weighted by Gasteiger charge is 2.46. The van der Waals surface area contributed by atoms with Crippen molar-refractivity contribution in [3.63, 3.8) is 0 Å². The number of rotatable bonds is 12. The third kappa shape index (κ3) is 7.03. The highest BCUT2D eigenvalue weighted by atomic mass is 16.6. The summed E-state index contributed by atoms with van der Waals surface area (Å²) in [6.07, 6.45) is 6.02. The van der Waals surface area contributed by atoms with Crippen LogP contribution < -0.4 is 0 Å². The van der Waals surface area contributed by atoms with Gasteiger partial charge in [0.2, 0.25) is 0 Å². The van der Waals surface area contributed by atoms with E-state index >= 15 is 0 Å². The summed E-state index contributed by atoms with van der Waals surface area (Å²) in [7, 11) is 0. The Morgan fingerprint density at radius 2 is 1.12 bits per heavy atom. The maximum absolute atomic E-state index is 6.43. The van der Waals surface area contributed by atoms with Gasteiger partial charge in [0.25, 0.3) is 0 Å². The smallest absolute Gasteiger partial charge is 0.115 e. The Morgan fingerprint density at radius 1 is 0.647 bits per heavy atom. The Kier molecular flexibility index (Phi) is 9.30. The Morgan fingerprint density at radius 3 is 1.62 bits per heavy atom. The minimum absolute atomic E-state index is 0.147. The summed E-state index contributed by atoms with van der Waals surface area (Å²) in [5.41, 5.74) is 3.35. The van der Waals surface area contributed by atoms with Crippen LogP contribution in [0.4, 0.5) is 0 Å². The van der Waals surface area contributed by atoms with E-state index in [0.717, 1.165) is 23.1 Å². The van der Waals surface area contributed by atoms with E-state index in [1.807, 2.05) is 54.6 Å². The fourth-order valence-electron chi connectivity index (χ4n) is 4.20. The number of terminal acetylenes is 1. The zero-order chi connectivity index (χ0) is 23.4. The van der Waals surface area contributed by atoms with Gasteiger partial charge in [-0.1, -0.05) is 91.0 Å². The lowest BCUT2D eigenvalue weighted by Crippen LogP contribution is -2.39. The minimum Gasteiger partial charge on any atom is -0.374 e. The zero-order valence-corrected chi connectivity index (χ0v) is 19.4. The molecule has 1 aliphatic heterocycles. The molecule has 176 valence electrons. The zero-order valence-electron chi connectivity index (χ0n) is 19.4. The van der Waals surface area contributed by atoms with Gasteiger partial charge in [0.05, 0.1) is 32.5 Å². The lowest BCUT2D eigenvalue weighted by atomic mass is 10.0. The molecule has 1 heterocycles. The fraction of sp³-hybridized carbons (Fsp3) is 0.333. The van der Waals surface area contributed by atoms with Crippen LogP contribution in [0.2, 0.25) is 0 Å². The van der Waals surface area contributed by atoms with Gasteiger partial charge in [0.15, 0.2) is 0 Å². The predicted octanol–water partition coefficient (Wildman–Crippen LogP) is 5.55. The molecule has 1 saturated heterocycles. The van der Waals surface area contributed by atoms with Crippen molar-refractivity contribution in [2.45, 2.75) is 57.1 Å². The van der Waals surface area contributed by atoms with Crippen molar-refractivity contribution in [3.8, 4) is 12.3 Å². The number of hydrogen-bond donors (Lipinski definition) is 0. The molecule has 4 atom stereocenters. The Hall–Kier alpha value is -2.94. The van der Waals surface area contributed by atoms with Gasteiger partial charge in [-0.15, -0.1) is 12.3 Å². The molecule has 0 N–H and O–H groups in total. The molecular formula is C30H32O4. The van der Waals surface area contributed by atoms with Gasteiger partial charge in [-0.05, 0) is 23.1 Å². The van der Waals surface area contributed by atoms with E-state index < -0.39 is 0 Å². The summed E-state index contributed by atoms with van der Waals surface area (Å²) in [5.74, 6) is 2.73. The van der Waals surface area contributed by atoms with Crippen LogP contribution in [0.5, 0.6) is 0 Å². The molecule has 0 bridgehead atoms. The van der Waals surface area contributed by atoms with Crippen molar-refractivity contribution in [2.24, 2.45) is 0 Å². The van der Waals surface area contributed by atoms with Gasteiger partial charge < -0.3 is 18.9 Å². The Balaban J connectivity index is 1.46. The summed E-state index contributed by atoms with van der Waals surface area (Å²) in [6.45, 7) is 1.92. The van der Waals surface area contributed by atoms with E-state index in [1.165, 1.54) is 0 Å². The van der Waals surface area contributed by atoms with Crippen LogP contribution in [-0.4, -0.2) is 31.0 Å². The summed E-state index contributed by atoms with van der Waals surface area (Å²) in [5, 5.41) is 0. The van der Waals surface area contributed by atoms with E-state index in [4.69, 9.17) is 25.4 Å². The van der Waals surface area contributed by atoms with Gasteiger partial charge in [0, 0.05) is 6.42 Å². The molecule has 1 fully saturated rings. The first-order chi connectivity index (χ1) is 16.8. The topological polar surface area (TPSA) is 36.9 Å². The SMILES string of the molecule is C#CCC[C@@H]1O[C@H](COCc2ccccc2)[C@@H](OCc2ccccc2)[C@H]1OCc1ccccc1. The largest absolute Gasteiger partial charge is 0.374 e. The van der Waals surface area contributed by atoms with Gasteiger partial charge in [-0.2, -0.15) is 0 Å². The molecule has 4 heteroatoms. The average molecular weight is 457 g/mol. The normalized spacial score (nSPS) is 21.9. The van der Waals surface area contributed by atoms with Crippen molar-refractivity contribution in [3.05, 3.63) is 108 Å². The number of ether oxygens (including phenoxy) is 4. The highest BCUT2D eigenvalue weighted by Crippen LogP contribution is 2.31. The molecule has 0 saturated carbocycles. The van der Waals surface area contributed by atoms with Crippen molar-refractivity contribution < 1.29 is 18.9 Å². The molecule has 0 aliphatic carbocycles. The second-order valence-corrected chi connectivity index (χ2v) is 8.48.